The molecule has 0 saturated carbocycles. The van der Waals surface area contributed by atoms with Crippen LogP contribution in [-0.4, -0.2) is 67.7 Å². The van der Waals surface area contributed by atoms with Crippen LogP contribution >= 0.6 is 0 Å². The van der Waals surface area contributed by atoms with Gasteiger partial charge in [0.1, 0.15) is 5.76 Å². The molecule has 0 N–H and O–H groups in total. The first-order valence-electron chi connectivity index (χ1n) is 11.1. The lowest BCUT2D eigenvalue weighted by molar-refractivity contribution is 0.0662. The Labute approximate surface area is 184 Å². The van der Waals surface area contributed by atoms with E-state index in [9.17, 15) is 13.2 Å². The van der Waals surface area contributed by atoms with Gasteiger partial charge in [-0.3, -0.25) is 9.69 Å². The first-order valence-corrected chi connectivity index (χ1v) is 12.6. The number of carbonyl (C=O) groups excluding carboxylic acids is 1. The minimum atomic E-state index is -3.55. The fraction of sp³-hybridized carbons (Fsp3) is 0.522. The third-order valence-corrected chi connectivity index (χ3v) is 8.27. The van der Waals surface area contributed by atoms with Crippen molar-refractivity contribution < 1.29 is 17.6 Å². The van der Waals surface area contributed by atoms with E-state index in [1.54, 1.807) is 17.0 Å². The van der Waals surface area contributed by atoms with E-state index in [4.69, 9.17) is 4.42 Å². The Morgan fingerprint density at radius 2 is 1.71 bits per heavy atom. The molecule has 0 atom stereocenters. The van der Waals surface area contributed by atoms with Crippen LogP contribution in [0.5, 0.6) is 0 Å². The smallest absolute Gasteiger partial charge is 0.289 e. The molecule has 1 fully saturated rings. The monoisotopic (exact) mass is 445 g/mol. The Bertz CT molecular complexity index is 1030. The summed E-state index contributed by atoms with van der Waals surface area (Å²) in [6, 6.07) is 9.06. The molecule has 1 aromatic carbocycles. The van der Waals surface area contributed by atoms with Crippen molar-refractivity contribution in [2.45, 2.75) is 44.6 Å². The van der Waals surface area contributed by atoms with Crippen molar-refractivity contribution in [2.75, 3.05) is 39.3 Å². The molecule has 1 aliphatic carbocycles. The largest absolute Gasteiger partial charge is 0.455 e. The van der Waals surface area contributed by atoms with Crippen LogP contribution in [0.2, 0.25) is 0 Å². The van der Waals surface area contributed by atoms with Crippen molar-refractivity contribution in [1.29, 1.82) is 0 Å². The molecular weight excluding hydrogens is 414 g/mol. The molecule has 1 saturated heterocycles. The van der Waals surface area contributed by atoms with Crippen LogP contribution in [0.1, 0.15) is 47.7 Å². The zero-order valence-corrected chi connectivity index (χ0v) is 19.2. The summed E-state index contributed by atoms with van der Waals surface area (Å²) in [6.07, 6.45) is 3.06. The Balaban J connectivity index is 1.38. The molecule has 0 bridgehead atoms. The van der Waals surface area contributed by atoms with Crippen LogP contribution in [0.4, 0.5) is 0 Å². The fourth-order valence-corrected chi connectivity index (χ4v) is 5.86. The lowest BCUT2D eigenvalue weighted by Gasteiger charge is -2.33. The number of hydrogen-bond acceptors (Lipinski definition) is 5. The van der Waals surface area contributed by atoms with E-state index in [1.807, 2.05) is 18.2 Å². The zero-order valence-electron chi connectivity index (χ0n) is 18.3. The van der Waals surface area contributed by atoms with Crippen LogP contribution in [0.3, 0.4) is 0 Å². The maximum Gasteiger partial charge on any atom is 0.289 e. The molecule has 0 unspecified atom stereocenters. The van der Waals surface area contributed by atoms with Gasteiger partial charge in [-0.15, -0.1) is 0 Å². The van der Waals surface area contributed by atoms with Crippen molar-refractivity contribution in [3.63, 3.8) is 0 Å². The number of piperazine rings is 1. The van der Waals surface area contributed by atoms with Crippen molar-refractivity contribution in [3.05, 3.63) is 53.0 Å². The first kappa shape index (κ1) is 22.0. The molecule has 1 aromatic heterocycles. The number of fused-ring (bicyclic) bond motifs is 1. The van der Waals surface area contributed by atoms with E-state index in [1.165, 1.54) is 9.87 Å². The van der Waals surface area contributed by atoms with Gasteiger partial charge in [-0.2, -0.15) is 4.31 Å². The van der Waals surface area contributed by atoms with Crippen molar-refractivity contribution in [2.24, 2.45) is 0 Å². The lowest BCUT2D eigenvalue weighted by Crippen LogP contribution is -2.50. The van der Waals surface area contributed by atoms with Gasteiger partial charge in [0, 0.05) is 26.2 Å². The van der Waals surface area contributed by atoms with Crippen molar-refractivity contribution in [1.82, 2.24) is 14.1 Å². The van der Waals surface area contributed by atoms with Crippen LogP contribution in [0, 0.1) is 0 Å². The predicted molar refractivity (Wildman–Crippen MR) is 118 cm³/mol. The molecule has 2 heterocycles. The molecule has 8 heteroatoms. The molecule has 1 amide bonds. The molecule has 2 aromatic rings. The lowest BCUT2D eigenvalue weighted by atomic mass is 10.1. The number of amides is 1. The number of sulfonamides is 1. The summed E-state index contributed by atoms with van der Waals surface area (Å²) in [5.41, 5.74) is 2.40. The highest BCUT2D eigenvalue weighted by atomic mass is 32.2. The van der Waals surface area contributed by atoms with Gasteiger partial charge in [0.25, 0.3) is 5.91 Å². The van der Waals surface area contributed by atoms with Gasteiger partial charge >= 0.3 is 0 Å². The molecule has 2 aliphatic rings. The number of nitrogens with zero attached hydrogens (tertiary/aromatic N) is 3. The Kier molecular flexibility index (Phi) is 6.50. The quantitative estimate of drug-likeness (QED) is 0.655. The van der Waals surface area contributed by atoms with Gasteiger partial charge in [-0.25, -0.2) is 8.42 Å². The second kappa shape index (κ2) is 9.14. The fourth-order valence-electron chi connectivity index (χ4n) is 4.39. The number of furan rings is 1. The minimum Gasteiger partial charge on any atom is -0.455 e. The van der Waals surface area contributed by atoms with Gasteiger partial charge in [-0.05, 0) is 67.7 Å². The summed E-state index contributed by atoms with van der Waals surface area (Å²) in [7, 11) is -3.55. The Morgan fingerprint density at radius 3 is 2.42 bits per heavy atom. The van der Waals surface area contributed by atoms with Crippen molar-refractivity contribution in [3.8, 4) is 0 Å². The third kappa shape index (κ3) is 4.56. The molecule has 0 spiro atoms. The molecule has 168 valence electrons. The number of aryl methyl sites for hydroxylation is 2. The van der Waals surface area contributed by atoms with Crippen LogP contribution in [-0.2, 0) is 29.4 Å². The third-order valence-electron chi connectivity index (χ3n) is 6.38. The number of rotatable bonds is 7. The van der Waals surface area contributed by atoms with Gasteiger partial charge < -0.3 is 9.32 Å². The summed E-state index contributed by atoms with van der Waals surface area (Å²) >= 11 is 0. The topological polar surface area (TPSA) is 74.1 Å². The van der Waals surface area contributed by atoms with Crippen molar-refractivity contribution >= 4 is 15.9 Å². The molecule has 4 rings (SSSR count). The molecule has 7 nitrogen and oxygen atoms in total. The zero-order chi connectivity index (χ0) is 22.0. The SMILES string of the molecule is CCN(CC)Cc1ccc(C(=O)N2CCN(S(=O)(=O)c3ccc4c(c3)CCC4)CC2)o1. The summed E-state index contributed by atoms with van der Waals surface area (Å²) < 4.78 is 33.5. The standard InChI is InChI=1S/C23H31N3O4S/c1-3-24(4-2)17-20-9-11-22(30-20)23(27)25-12-14-26(15-13-25)31(28,29)21-10-8-18-6-5-7-19(18)16-21/h8-11,16H,3-7,12-15,17H2,1-2H3. The Morgan fingerprint density at radius 1 is 1.00 bits per heavy atom. The molecule has 1 aliphatic heterocycles. The van der Waals surface area contributed by atoms with E-state index < -0.39 is 10.0 Å². The highest BCUT2D eigenvalue weighted by Gasteiger charge is 2.32. The van der Waals surface area contributed by atoms with Crippen LogP contribution in [0.15, 0.2) is 39.6 Å². The van der Waals surface area contributed by atoms with E-state index >= 15 is 0 Å². The minimum absolute atomic E-state index is 0.180. The second-order valence-electron chi connectivity index (χ2n) is 8.21. The Hall–Kier alpha value is -2.16. The second-order valence-corrected chi connectivity index (χ2v) is 10.1. The van der Waals surface area contributed by atoms with E-state index in [2.05, 4.69) is 18.7 Å². The molecule has 31 heavy (non-hydrogen) atoms. The number of hydrogen-bond donors (Lipinski definition) is 0. The predicted octanol–water partition coefficient (Wildman–Crippen LogP) is 2.76. The van der Waals surface area contributed by atoms with Gasteiger partial charge in [-0.1, -0.05) is 19.9 Å². The normalized spacial score (nSPS) is 17.3. The maximum absolute atomic E-state index is 13.1. The van der Waals surface area contributed by atoms with Crippen LogP contribution in [0.25, 0.3) is 0 Å². The van der Waals surface area contributed by atoms with E-state index in [0.29, 0.717) is 30.3 Å². The maximum atomic E-state index is 13.1. The molecule has 0 radical (unpaired) electrons. The average Bonchev–Trinajstić information content (AvgIpc) is 3.46. The van der Waals surface area contributed by atoms with Gasteiger partial charge in [0.15, 0.2) is 5.76 Å². The highest BCUT2D eigenvalue weighted by molar-refractivity contribution is 7.89. The van der Waals surface area contributed by atoms with Crippen LogP contribution < -0.4 is 0 Å². The van der Waals surface area contributed by atoms with E-state index in [-0.39, 0.29) is 19.0 Å². The number of benzene rings is 1. The van der Waals surface area contributed by atoms with E-state index in [0.717, 1.165) is 43.7 Å². The summed E-state index contributed by atoms with van der Waals surface area (Å²) in [5.74, 6) is 0.905. The van der Waals surface area contributed by atoms with Gasteiger partial charge in [0.05, 0.1) is 11.4 Å². The summed E-state index contributed by atoms with van der Waals surface area (Å²) in [6.45, 7) is 7.99. The molecular formula is C23H31N3O4S. The highest BCUT2D eigenvalue weighted by Crippen LogP contribution is 2.27. The summed E-state index contributed by atoms with van der Waals surface area (Å²) in [4.78, 5) is 17.1. The van der Waals surface area contributed by atoms with Gasteiger partial charge in [0.2, 0.25) is 10.0 Å². The number of carbonyl (C=O) groups is 1. The summed E-state index contributed by atoms with van der Waals surface area (Å²) in [5, 5.41) is 0. The first-order chi connectivity index (χ1) is 14.9. The average molecular weight is 446 g/mol.